The Morgan fingerprint density at radius 3 is 2.80 bits per heavy atom. The molecule has 1 atom stereocenters. The maximum atomic E-state index is 11.0. The average molecular weight is 294 g/mol. The van der Waals surface area contributed by atoms with Gasteiger partial charge in [-0.3, -0.25) is 10.1 Å². The van der Waals surface area contributed by atoms with E-state index in [1.807, 2.05) is 13.8 Å². The van der Waals surface area contributed by atoms with Gasteiger partial charge in [0.25, 0.3) is 0 Å². The Balaban J connectivity index is 2.29. The molecule has 106 valence electrons. The lowest BCUT2D eigenvalue weighted by molar-refractivity contribution is -0.384. The number of aromatic nitrogens is 2. The molecule has 0 aliphatic rings. The lowest BCUT2D eigenvalue weighted by Gasteiger charge is -2.12. The van der Waals surface area contributed by atoms with Gasteiger partial charge in [-0.1, -0.05) is 0 Å². The standard InChI is InChI=1S/C11H14N6O2S/c1-6-5-13-11(20-6)7(2)14-10-8(17(18)19)3-4-9(15-10)16-12/h3-5,7H,12H2,1-2H3,(H2,14,15,16). The highest BCUT2D eigenvalue weighted by molar-refractivity contribution is 7.11. The zero-order valence-corrected chi connectivity index (χ0v) is 11.8. The van der Waals surface area contributed by atoms with Crippen molar-refractivity contribution in [3.63, 3.8) is 0 Å². The van der Waals surface area contributed by atoms with E-state index in [0.29, 0.717) is 5.82 Å². The fourth-order valence-corrected chi connectivity index (χ4v) is 2.40. The quantitative estimate of drug-likeness (QED) is 0.439. The van der Waals surface area contributed by atoms with Crippen molar-refractivity contribution in [3.8, 4) is 0 Å². The first kappa shape index (κ1) is 14.2. The minimum absolute atomic E-state index is 0.107. The smallest absolute Gasteiger partial charge is 0.311 e. The molecule has 0 spiro atoms. The second-order valence-electron chi connectivity index (χ2n) is 4.14. The summed E-state index contributed by atoms with van der Waals surface area (Å²) in [5, 5.41) is 14.8. The van der Waals surface area contributed by atoms with Crippen LogP contribution in [0.1, 0.15) is 22.9 Å². The summed E-state index contributed by atoms with van der Waals surface area (Å²) >= 11 is 1.53. The second kappa shape index (κ2) is 5.80. The molecule has 2 aromatic heterocycles. The van der Waals surface area contributed by atoms with Gasteiger partial charge < -0.3 is 10.7 Å². The summed E-state index contributed by atoms with van der Waals surface area (Å²) in [6.45, 7) is 3.82. The van der Waals surface area contributed by atoms with E-state index in [-0.39, 0.29) is 17.5 Å². The summed E-state index contributed by atoms with van der Waals surface area (Å²) in [5.74, 6) is 5.78. The fraction of sp³-hybridized carbons (Fsp3) is 0.273. The summed E-state index contributed by atoms with van der Waals surface area (Å²) in [5.41, 5.74) is 2.26. The van der Waals surface area contributed by atoms with Gasteiger partial charge >= 0.3 is 5.69 Å². The predicted molar refractivity (Wildman–Crippen MR) is 77.6 cm³/mol. The van der Waals surface area contributed by atoms with E-state index in [9.17, 15) is 10.1 Å². The zero-order chi connectivity index (χ0) is 14.7. The molecule has 2 aromatic rings. The first-order valence-corrected chi connectivity index (χ1v) is 6.64. The van der Waals surface area contributed by atoms with Gasteiger partial charge in [-0.15, -0.1) is 11.3 Å². The van der Waals surface area contributed by atoms with Crippen molar-refractivity contribution in [1.82, 2.24) is 9.97 Å². The van der Waals surface area contributed by atoms with Crippen LogP contribution in [0.15, 0.2) is 18.3 Å². The van der Waals surface area contributed by atoms with E-state index < -0.39 is 4.92 Å². The Labute approximate surface area is 119 Å². The number of anilines is 2. The summed E-state index contributed by atoms with van der Waals surface area (Å²) in [6, 6.07) is 2.61. The molecule has 1 unspecified atom stereocenters. The van der Waals surface area contributed by atoms with E-state index in [1.165, 1.54) is 23.5 Å². The first-order chi connectivity index (χ1) is 9.51. The number of rotatable bonds is 5. The minimum Gasteiger partial charge on any atom is -0.355 e. The van der Waals surface area contributed by atoms with Crippen LogP contribution in [-0.2, 0) is 0 Å². The molecule has 0 saturated heterocycles. The molecule has 0 aromatic carbocycles. The molecule has 0 bridgehead atoms. The van der Waals surface area contributed by atoms with Gasteiger partial charge in [0.15, 0.2) is 0 Å². The number of nitrogen functional groups attached to an aromatic ring is 1. The number of hydrogen-bond donors (Lipinski definition) is 3. The lowest BCUT2D eigenvalue weighted by Crippen LogP contribution is -2.13. The molecule has 9 heteroatoms. The number of nitrogens with zero attached hydrogens (tertiary/aromatic N) is 3. The van der Waals surface area contributed by atoms with Crippen LogP contribution in [0.4, 0.5) is 17.3 Å². The SMILES string of the molecule is Cc1cnc(C(C)Nc2nc(NN)ccc2[N+](=O)[O-])s1. The van der Waals surface area contributed by atoms with E-state index in [4.69, 9.17) is 5.84 Å². The maximum absolute atomic E-state index is 11.0. The molecule has 2 heterocycles. The zero-order valence-electron chi connectivity index (χ0n) is 11.0. The lowest BCUT2D eigenvalue weighted by atomic mass is 10.3. The highest BCUT2D eigenvalue weighted by atomic mass is 32.1. The van der Waals surface area contributed by atoms with Crippen molar-refractivity contribution in [2.75, 3.05) is 10.7 Å². The van der Waals surface area contributed by atoms with E-state index in [0.717, 1.165) is 9.88 Å². The topological polar surface area (TPSA) is 119 Å². The predicted octanol–water partition coefficient (Wildman–Crippen LogP) is 2.21. The summed E-state index contributed by atoms with van der Waals surface area (Å²) in [7, 11) is 0. The third-order valence-corrected chi connectivity index (χ3v) is 3.68. The van der Waals surface area contributed by atoms with Crippen LogP contribution in [0, 0.1) is 17.0 Å². The van der Waals surface area contributed by atoms with Crippen molar-refractivity contribution in [1.29, 1.82) is 0 Å². The van der Waals surface area contributed by atoms with Crippen LogP contribution in [0.25, 0.3) is 0 Å². The van der Waals surface area contributed by atoms with Gasteiger partial charge in [-0.2, -0.15) is 0 Å². The van der Waals surface area contributed by atoms with Gasteiger partial charge in [0.05, 0.1) is 11.0 Å². The summed E-state index contributed by atoms with van der Waals surface area (Å²) in [4.78, 5) is 19.9. The molecule has 0 amide bonds. The molecule has 0 radical (unpaired) electrons. The molecular weight excluding hydrogens is 280 g/mol. The molecule has 2 rings (SSSR count). The Kier molecular flexibility index (Phi) is 4.11. The van der Waals surface area contributed by atoms with Crippen LogP contribution < -0.4 is 16.6 Å². The monoisotopic (exact) mass is 294 g/mol. The molecule has 4 N–H and O–H groups in total. The number of nitrogens with two attached hydrogens (primary N) is 1. The van der Waals surface area contributed by atoms with Gasteiger partial charge in [-0.25, -0.2) is 15.8 Å². The number of nitro groups is 1. The Bertz CT molecular complexity index is 629. The maximum Gasteiger partial charge on any atom is 0.311 e. The molecule has 0 saturated carbocycles. The fourth-order valence-electron chi connectivity index (χ4n) is 1.62. The van der Waals surface area contributed by atoms with E-state index in [2.05, 4.69) is 20.7 Å². The van der Waals surface area contributed by atoms with Gasteiger partial charge in [0.2, 0.25) is 5.82 Å². The number of hydrogen-bond acceptors (Lipinski definition) is 8. The van der Waals surface area contributed by atoms with Crippen LogP contribution in [-0.4, -0.2) is 14.9 Å². The Hall–Kier alpha value is -2.26. The van der Waals surface area contributed by atoms with E-state index >= 15 is 0 Å². The van der Waals surface area contributed by atoms with Crippen LogP contribution in [0.5, 0.6) is 0 Å². The molecule has 0 aliphatic heterocycles. The molecule has 0 aliphatic carbocycles. The van der Waals surface area contributed by atoms with Crippen molar-refractivity contribution in [2.45, 2.75) is 19.9 Å². The molecule has 0 fully saturated rings. The highest BCUT2D eigenvalue weighted by Gasteiger charge is 2.19. The molecular formula is C11H14N6O2S. The molecule has 8 nitrogen and oxygen atoms in total. The molecule has 20 heavy (non-hydrogen) atoms. The van der Waals surface area contributed by atoms with Crippen molar-refractivity contribution >= 4 is 28.7 Å². The third kappa shape index (κ3) is 3.00. The second-order valence-corrected chi connectivity index (χ2v) is 5.41. The van der Waals surface area contributed by atoms with Crippen LogP contribution in [0.2, 0.25) is 0 Å². The number of aryl methyl sites for hydroxylation is 1. The van der Waals surface area contributed by atoms with Crippen LogP contribution >= 0.6 is 11.3 Å². The van der Waals surface area contributed by atoms with Crippen LogP contribution in [0.3, 0.4) is 0 Å². The Morgan fingerprint density at radius 2 is 2.25 bits per heavy atom. The number of pyridine rings is 1. The van der Waals surface area contributed by atoms with Crippen molar-refractivity contribution in [2.24, 2.45) is 5.84 Å². The summed E-state index contributed by atoms with van der Waals surface area (Å²) in [6.07, 6.45) is 1.76. The number of nitrogens with one attached hydrogen (secondary N) is 2. The number of hydrazine groups is 1. The van der Waals surface area contributed by atoms with Crippen molar-refractivity contribution < 1.29 is 4.92 Å². The Morgan fingerprint density at radius 1 is 1.50 bits per heavy atom. The van der Waals surface area contributed by atoms with Gasteiger partial charge in [-0.05, 0) is 19.9 Å². The normalized spacial score (nSPS) is 11.9. The number of thiazole rings is 1. The minimum atomic E-state index is -0.491. The largest absolute Gasteiger partial charge is 0.355 e. The first-order valence-electron chi connectivity index (χ1n) is 5.82. The highest BCUT2D eigenvalue weighted by Crippen LogP contribution is 2.28. The van der Waals surface area contributed by atoms with E-state index in [1.54, 1.807) is 6.20 Å². The van der Waals surface area contributed by atoms with Crippen molar-refractivity contribution in [3.05, 3.63) is 38.3 Å². The summed E-state index contributed by atoms with van der Waals surface area (Å²) < 4.78 is 0. The average Bonchev–Trinajstić information content (AvgIpc) is 2.85. The third-order valence-electron chi connectivity index (χ3n) is 2.58. The van der Waals surface area contributed by atoms with Gasteiger partial charge in [0.1, 0.15) is 10.8 Å². The van der Waals surface area contributed by atoms with Gasteiger partial charge in [0, 0.05) is 17.1 Å².